The number of hydrogen-bond donors (Lipinski definition) is 1. The second-order valence-corrected chi connectivity index (χ2v) is 11.2. The molecule has 0 spiro atoms. The molecule has 0 radical (unpaired) electrons. The lowest BCUT2D eigenvalue weighted by molar-refractivity contribution is 0.102. The van der Waals surface area contributed by atoms with Crippen LogP contribution in [0.3, 0.4) is 0 Å². The van der Waals surface area contributed by atoms with Crippen LogP contribution < -0.4 is 10.1 Å². The molecule has 33 heavy (non-hydrogen) atoms. The number of benzene rings is 2. The number of methoxy groups -OCH3 is 1. The highest BCUT2D eigenvalue weighted by atomic mass is 32.2. The van der Waals surface area contributed by atoms with E-state index in [1.54, 1.807) is 23.9 Å². The molecule has 2 heterocycles. The van der Waals surface area contributed by atoms with E-state index in [2.05, 4.69) is 5.32 Å². The fraction of sp³-hybridized carbons (Fsp3) is 0.458. The Labute approximate surface area is 199 Å². The first-order valence-electron chi connectivity index (χ1n) is 11.3. The summed E-state index contributed by atoms with van der Waals surface area (Å²) >= 11 is 1.60. The van der Waals surface area contributed by atoms with Crippen LogP contribution in [0.1, 0.15) is 42.5 Å². The van der Waals surface area contributed by atoms with E-state index in [1.807, 2.05) is 18.2 Å². The molecule has 9 heteroatoms. The van der Waals surface area contributed by atoms with Crippen molar-refractivity contribution in [1.82, 2.24) is 4.31 Å². The zero-order valence-electron chi connectivity index (χ0n) is 18.8. The highest BCUT2D eigenvalue weighted by Crippen LogP contribution is 2.32. The highest BCUT2D eigenvalue weighted by Gasteiger charge is 2.27. The van der Waals surface area contributed by atoms with Crippen LogP contribution in [0.2, 0.25) is 0 Å². The van der Waals surface area contributed by atoms with Crippen molar-refractivity contribution in [1.29, 1.82) is 0 Å². The predicted octanol–water partition coefficient (Wildman–Crippen LogP) is 4.39. The lowest BCUT2D eigenvalue weighted by atomic mass is 10.2. The van der Waals surface area contributed by atoms with Crippen molar-refractivity contribution in [2.45, 2.75) is 48.0 Å². The van der Waals surface area contributed by atoms with E-state index in [-0.39, 0.29) is 16.9 Å². The van der Waals surface area contributed by atoms with Crippen LogP contribution in [-0.2, 0) is 14.8 Å². The number of rotatable bonds is 8. The van der Waals surface area contributed by atoms with Gasteiger partial charge in [-0.15, -0.1) is 11.8 Å². The molecule has 2 aromatic carbocycles. The van der Waals surface area contributed by atoms with Gasteiger partial charge in [-0.3, -0.25) is 4.79 Å². The molecule has 0 unspecified atom stereocenters. The summed E-state index contributed by atoms with van der Waals surface area (Å²) in [7, 11) is -2.13. The van der Waals surface area contributed by atoms with Crippen LogP contribution in [0, 0.1) is 0 Å². The Bertz CT molecular complexity index is 1080. The Balaban J connectivity index is 1.54. The monoisotopic (exact) mass is 490 g/mol. The smallest absolute Gasteiger partial charge is 0.256 e. The number of thioether (sulfide) groups is 1. The van der Waals surface area contributed by atoms with Crippen LogP contribution >= 0.6 is 11.8 Å². The zero-order valence-corrected chi connectivity index (χ0v) is 20.4. The minimum Gasteiger partial charge on any atom is -0.495 e. The summed E-state index contributed by atoms with van der Waals surface area (Å²) in [6.45, 7) is 1.83. The Morgan fingerprint density at radius 2 is 1.94 bits per heavy atom. The summed E-state index contributed by atoms with van der Waals surface area (Å²) < 4.78 is 38.8. The van der Waals surface area contributed by atoms with Gasteiger partial charge in [-0.05, 0) is 56.0 Å². The molecule has 2 fully saturated rings. The third-order valence-corrected chi connectivity index (χ3v) is 9.05. The quantitative estimate of drug-likeness (QED) is 0.553. The lowest BCUT2D eigenvalue weighted by Crippen LogP contribution is -2.35. The lowest BCUT2D eigenvalue weighted by Gasteiger charge is -2.26. The number of amides is 1. The summed E-state index contributed by atoms with van der Waals surface area (Å²) in [5, 5.41) is 2.87. The van der Waals surface area contributed by atoms with Crippen LogP contribution in [0.15, 0.2) is 52.3 Å². The van der Waals surface area contributed by atoms with E-state index in [9.17, 15) is 13.2 Å². The van der Waals surface area contributed by atoms with Gasteiger partial charge < -0.3 is 14.8 Å². The van der Waals surface area contributed by atoms with Gasteiger partial charge in [0.2, 0.25) is 10.0 Å². The summed E-state index contributed by atoms with van der Waals surface area (Å²) in [5.74, 6) is 0.888. The van der Waals surface area contributed by atoms with Crippen LogP contribution in [0.4, 0.5) is 5.69 Å². The van der Waals surface area contributed by atoms with Crippen LogP contribution in [-0.4, -0.2) is 57.3 Å². The average molecular weight is 491 g/mol. The van der Waals surface area contributed by atoms with Gasteiger partial charge in [0.15, 0.2) is 0 Å². The van der Waals surface area contributed by atoms with Gasteiger partial charge in [0.1, 0.15) is 5.75 Å². The van der Waals surface area contributed by atoms with Crippen molar-refractivity contribution in [2.24, 2.45) is 0 Å². The maximum absolute atomic E-state index is 13.2. The average Bonchev–Trinajstić information content (AvgIpc) is 3.37. The molecule has 0 aliphatic carbocycles. The number of ether oxygens (including phenoxy) is 2. The summed E-state index contributed by atoms with van der Waals surface area (Å²) in [5.41, 5.74) is 0.867. The maximum Gasteiger partial charge on any atom is 0.256 e. The molecule has 2 aliphatic heterocycles. The molecule has 2 aliphatic rings. The molecular weight excluding hydrogens is 460 g/mol. The SMILES string of the molecule is COc1ccc(S(=O)(=O)N2CCCCC2)cc1NC(=O)c1ccccc1SC[C@@H]1CCCO1. The van der Waals surface area contributed by atoms with Gasteiger partial charge in [0.05, 0.1) is 29.4 Å². The van der Waals surface area contributed by atoms with Gasteiger partial charge >= 0.3 is 0 Å². The van der Waals surface area contributed by atoms with Crippen molar-refractivity contribution in [3.05, 3.63) is 48.0 Å². The molecule has 1 N–H and O–H groups in total. The minimum atomic E-state index is -3.63. The molecule has 0 aromatic heterocycles. The topological polar surface area (TPSA) is 84.9 Å². The molecule has 1 atom stereocenters. The van der Waals surface area contributed by atoms with Crippen molar-refractivity contribution >= 4 is 33.4 Å². The summed E-state index contributed by atoms with van der Waals surface area (Å²) in [6, 6.07) is 12.0. The number of anilines is 1. The van der Waals surface area contributed by atoms with E-state index in [0.717, 1.165) is 49.4 Å². The molecular formula is C24H30N2O5S2. The fourth-order valence-electron chi connectivity index (χ4n) is 4.13. The maximum atomic E-state index is 13.2. The number of piperidine rings is 1. The third kappa shape index (κ3) is 5.71. The normalized spacial score (nSPS) is 19.4. The number of carbonyl (C=O) groups excluding carboxylic acids is 1. The van der Waals surface area contributed by atoms with E-state index in [0.29, 0.717) is 30.1 Å². The van der Waals surface area contributed by atoms with Crippen LogP contribution in [0.25, 0.3) is 0 Å². The van der Waals surface area contributed by atoms with Gasteiger partial charge in [-0.25, -0.2) is 8.42 Å². The summed E-state index contributed by atoms with van der Waals surface area (Å²) in [4.78, 5) is 14.2. The molecule has 4 rings (SSSR count). The second-order valence-electron chi connectivity index (χ2n) is 8.22. The van der Waals surface area contributed by atoms with Crippen LogP contribution in [0.5, 0.6) is 5.75 Å². The van der Waals surface area contributed by atoms with Gasteiger partial charge in [0, 0.05) is 30.3 Å². The predicted molar refractivity (Wildman–Crippen MR) is 130 cm³/mol. The second kappa shape index (κ2) is 10.9. The fourth-order valence-corrected chi connectivity index (χ4v) is 6.79. The first-order valence-corrected chi connectivity index (χ1v) is 13.7. The van der Waals surface area contributed by atoms with Crippen molar-refractivity contribution < 1.29 is 22.7 Å². The molecule has 7 nitrogen and oxygen atoms in total. The van der Waals surface area contributed by atoms with Crippen molar-refractivity contribution in [2.75, 3.05) is 37.9 Å². The zero-order chi connectivity index (χ0) is 23.3. The van der Waals surface area contributed by atoms with Gasteiger partial charge in [0.25, 0.3) is 5.91 Å². The Hall–Kier alpha value is -2.07. The number of hydrogen-bond acceptors (Lipinski definition) is 6. The number of sulfonamides is 1. The molecule has 2 aromatic rings. The molecule has 0 saturated carbocycles. The first kappa shape index (κ1) is 24.1. The van der Waals surface area contributed by atoms with Crippen molar-refractivity contribution in [3.63, 3.8) is 0 Å². The first-order chi connectivity index (χ1) is 16.0. The highest BCUT2D eigenvalue weighted by molar-refractivity contribution is 7.99. The standard InChI is InChI=1S/C24H30N2O5S2/c1-30-22-12-11-19(33(28,29)26-13-5-2-6-14-26)16-21(22)25-24(27)20-9-3-4-10-23(20)32-17-18-8-7-15-31-18/h3-4,9-12,16,18H,2,5-8,13-15,17H2,1H3,(H,25,27)/t18-/m0/s1. The number of nitrogens with zero attached hydrogens (tertiary/aromatic N) is 1. The Morgan fingerprint density at radius 3 is 2.67 bits per heavy atom. The molecule has 2 saturated heterocycles. The van der Waals surface area contributed by atoms with Gasteiger partial charge in [-0.2, -0.15) is 4.31 Å². The third-order valence-electron chi connectivity index (χ3n) is 5.95. The molecule has 1 amide bonds. The number of nitrogens with one attached hydrogen (secondary N) is 1. The van der Waals surface area contributed by atoms with E-state index in [1.165, 1.54) is 23.5 Å². The van der Waals surface area contributed by atoms with E-state index < -0.39 is 10.0 Å². The van der Waals surface area contributed by atoms with Crippen molar-refractivity contribution in [3.8, 4) is 5.75 Å². The Morgan fingerprint density at radius 1 is 1.15 bits per heavy atom. The van der Waals surface area contributed by atoms with Gasteiger partial charge in [-0.1, -0.05) is 18.6 Å². The molecule has 0 bridgehead atoms. The van der Waals surface area contributed by atoms with E-state index >= 15 is 0 Å². The largest absolute Gasteiger partial charge is 0.495 e. The molecule has 178 valence electrons. The summed E-state index contributed by atoms with van der Waals surface area (Å²) in [6.07, 6.45) is 5.09. The van der Waals surface area contributed by atoms with E-state index in [4.69, 9.17) is 9.47 Å². The minimum absolute atomic E-state index is 0.154. The Kier molecular flexibility index (Phi) is 7.95. The number of carbonyl (C=O) groups is 1.